The number of carbonyl (C=O) groups excluding carboxylic acids is 1. The first kappa shape index (κ1) is 15.5. The predicted octanol–water partition coefficient (Wildman–Crippen LogP) is 4.15. The highest BCUT2D eigenvalue weighted by atomic mass is 35.5. The minimum absolute atomic E-state index is 0.000863. The van der Waals surface area contributed by atoms with Crippen LogP contribution < -0.4 is 4.90 Å². The van der Waals surface area contributed by atoms with E-state index < -0.39 is 0 Å². The first-order valence-corrected chi connectivity index (χ1v) is 8.55. The zero-order chi connectivity index (χ0) is 15.9. The van der Waals surface area contributed by atoms with Gasteiger partial charge in [0.05, 0.1) is 12.2 Å². The number of anilines is 1. The summed E-state index contributed by atoms with van der Waals surface area (Å²) in [5, 5.41) is 3.30. The number of benzene rings is 1. The van der Waals surface area contributed by atoms with Crippen LogP contribution in [0.4, 0.5) is 5.69 Å². The van der Waals surface area contributed by atoms with Crippen molar-refractivity contribution in [1.82, 2.24) is 4.90 Å². The van der Waals surface area contributed by atoms with Gasteiger partial charge in [0.15, 0.2) is 5.11 Å². The summed E-state index contributed by atoms with van der Waals surface area (Å²) in [6.45, 7) is 4.99. The maximum absolute atomic E-state index is 12.4. The van der Waals surface area contributed by atoms with Crippen molar-refractivity contribution >= 4 is 51.9 Å². The van der Waals surface area contributed by atoms with Crippen LogP contribution in [-0.2, 0) is 11.3 Å². The van der Waals surface area contributed by atoms with E-state index in [4.69, 9.17) is 23.8 Å². The second-order valence-corrected chi connectivity index (χ2v) is 7.10. The molecule has 1 aromatic carbocycles. The molecule has 0 radical (unpaired) electrons. The van der Waals surface area contributed by atoms with Crippen LogP contribution in [0.1, 0.15) is 16.0 Å². The Balaban J connectivity index is 1.85. The summed E-state index contributed by atoms with van der Waals surface area (Å²) in [6.07, 6.45) is 0. The number of rotatable bonds is 3. The Morgan fingerprint density at radius 3 is 2.68 bits per heavy atom. The number of nitrogens with zero attached hydrogens (tertiary/aromatic N) is 2. The van der Waals surface area contributed by atoms with Gasteiger partial charge in [-0.05, 0) is 66.8 Å². The summed E-state index contributed by atoms with van der Waals surface area (Å²) < 4.78 is 0. The maximum Gasteiger partial charge on any atom is 0.252 e. The molecule has 1 amide bonds. The fourth-order valence-corrected chi connectivity index (χ4v) is 3.81. The molecule has 22 heavy (non-hydrogen) atoms. The van der Waals surface area contributed by atoms with E-state index in [1.165, 1.54) is 10.4 Å². The minimum Gasteiger partial charge on any atom is -0.334 e. The van der Waals surface area contributed by atoms with E-state index in [9.17, 15) is 4.79 Å². The molecule has 0 saturated carbocycles. The van der Waals surface area contributed by atoms with Crippen LogP contribution >= 0.6 is 35.2 Å². The van der Waals surface area contributed by atoms with Crippen LogP contribution in [0, 0.1) is 13.8 Å². The van der Waals surface area contributed by atoms with Gasteiger partial charge in [0.2, 0.25) is 0 Å². The number of thiocarbonyl (C=S) groups is 1. The van der Waals surface area contributed by atoms with Crippen LogP contribution in [0.5, 0.6) is 0 Å². The van der Waals surface area contributed by atoms with Crippen molar-refractivity contribution < 1.29 is 4.79 Å². The van der Waals surface area contributed by atoms with Crippen LogP contribution in [-0.4, -0.2) is 22.5 Å². The molecule has 3 nitrogen and oxygen atoms in total. The molecule has 0 unspecified atom stereocenters. The molecule has 0 aliphatic carbocycles. The largest absolute Gasteiger partial charge is 0.334 e. The third-order valence-electron chi connectivity index (χ3n) is 3.74. The summed E-state index contributed by atoms with van der Waals surface area (Å²) in [7, 11) is 0. The second kappa shape index (κ2) is 5.99. The molecular formula is C16H15ClN2OS2. The Morgan fingerprint density at radius 2 is 2.05 bits per heavy atom. The van der Waals surface area contributed by atoms with Crippen molar-refractivity contribution in [3.63, 3.8) is 0 Å². The van der Waals surface area contributed by atoms with E-state index in [0.717, 1.165) is 11.3 Å². The van der Waals surface area contributed by atoms with E-state index in [0.29, 0.717) is 23.2 Å². The molecule has 0 bridgehead atoms. The van der Waals surface area contributed by atoms with E-state index in [2.05, 4.69) is 18.4 Å². The SMILES string of the molecule is Cc1cc(N2C(=O)CN(Cc3sccc3C)C2=S)ccc1Cl. The second-order valence-electron chi connectivity index (χ2n) is 5.33. The fourth-order valence-electron chi connectivity index (χ4n) is 2.44. The molecular weight excluding hydrogens is 336 g/mol. The van der Waals surface area contributed by atoms with E-state index in [-0.39, 0.29) is 5.91 Å². The lowest BCUT2D eigenvalue weighted by Crippen LogP contribution is -2.32. The van der Waals surface area contributed by atoms with E-state index >= 15 is 0 Å². The van der Waals surface area contributed by atoms with E-state index in [1.54, 1.807) is 22.3 Å². The highest BCUT2D eigenvalue weighted by Crippen LogP contribution is 2.28. The van der Waals surface area contributed by atoms with Crippen molar-refractivity contribution in [3.8, 4) is 0 Å². The van der Waals surface area contributed by atoms with Gasteiger partial charge in [0.25, 0.3) is 5.91 Å². The van der Waals surface area contributed by atoms with Crippen LogP contribution in [0.3, 0.4) is 0 Å². The molecule has 1 aromatic heterocycles. The highest BCUT2D eigenvalue weighted by molar-refractivity contribution is 7.80. The Hall–Kier alpha value is -1.43. The third kappa shape index (κ3) is 2.76. The Labute approximate surface area is 144 Å². The Bertz CT molecular complexity index is 756. The fraction of sp³-hybridized carbons (Fsp3) is 0.250. The minimum atomic E-state index is 0.000863. The molecule has 1 fully saturated rings. The molecule has 114 valence electrons. The van der Waals surface area contributed by atoms with Gasteiger partial charge in [0.1, 0.15) is 6.54 Å². The third-order valence-corrected chi connectivity index (χ3v) is 5.61. The van der Waals surface area contributed by atoms with Crippen LogP contribution in [0.25, 0.3) is 0 Å². The summed E-state index contributed by atoms with van der Waals surface area (Å²) >= 11 is 13.3. The smallest absolute Gasteiger partial charge is 0.252 e. The van der Waals surface area contributed by atoms with Gasteiger partial charge in [-0.25, -0.2) is 0 Å². The number of halogens is 1. The molecule has 0 atom stereocenters. The Morgan fingerprint density at radius 1 is 1.27 bits per heavy atom. The summed E-state index contributed by atoms with van der Waals surface area (Å²) in [6, 6.07) is 7.61. The molecule has 0 spiro atoms. The lowest BCUT2D eigenvalue weighted by molar-refractivity contribution is -0.116. The lowest BCUT2D eigenvalue weighted by atomic mass is 10.2. The normalized spacial score (nSPS) is 15.0. The van der Waals surface area contributed by atoms with Gasteiger partial charge in [-0.15, -0.1) is 11.3 Å². The van der Waals surface area contributed by atoms with Crippen LogP contribution in [0.15, 0.2) is 29.6 Å². The van der Waals surface area contributed by atoms with Gasteiger partial charge in [-0.1, -0.05) is 11.6 Å². The molecule has 1 saturated heterocycles. The number of hydrogen-bond acceptors (Lipinski definition) is 3. The van der Waals surface area contributed by atoms with Crippen LogP contribution in [0.2, 0.25) is 5.02 Å². The van der Waals surface area contributed by atoms with Gasteiger partial charge < -0.3 is 4.90 Å². The van der Waals surface area contributed by atoms with Gasteiger partial charge in [0, 0.05) is 9.90 Å². The first-order chi connectivity index (χ1) is 10.5. The number of amides is 1. The van der Waals surface area contributed by atoms with Gasteiger partial charge >= 0.3 is 0 Å². The van der Waals surface area contributed by atoms with Crippen molar-refractivity contribution in [1.29, 1.82) is 0 Å². The zero-order valence-corrected chi connectivity index (χ0v) is 14.7. The number of aryl methyl sites for hydroxylation is 2. The van der Waals surface area contributed by atoms with Crippen molar-refractivity contribution in [3.05, 3.63) is 50.7 Å². The quantitative estimate of drug-likeness (QED) is 0.777. The van der Waals surface area contributed by atoms with E-state index in [1.807, 2.05) is 24.0 Å². The molecule has 2 heterocycles. The lowest BCUT2D eigenvalue weighted by Gasteiger charge is -2.20. The predicted molar refractivity (Wildman–Crippen MR) is 95.7 cm³/mol. The molecule has 3 rings (SSSR count). The number of hydrogen-bond donors (Lipinski definition) is 0. The monoisotopic (exact) mass is 350 g/mol. The molecule has 2 aromatic rings. The van der Waals surface area contributed by atoms with Gasteiger partial charge in [-0.3, -0.25) is 9.69 Å². The summed E-state index contributed by atoms with van der Waals surface area (Å²) in [5.74, 6) is 0.000863. The molecule has 1 aliphatic heterocycles. The molecule has 6 heteroatoms. The number of carbonyl (C=O) groups is 1. The average molecular weight is 351 g/mol. The Kier molecular flexibility index (Phi) is 4.21. The standard InChI is InChI=1S/C16H15ClN2OS2/c1-10-5-6-22-14(10)8-18-9-15(20)19(16(18)21)12-3-4-13(17)11(2)7-12/h3-7H,8-9H2,1-2H3. The zero-order valence-electron chi connectivity index (χ0n) is 12.3. The number of thiophene rings is 1. The maximum atomic E-state index is 12.4. The molecule has 0 N–H and O–H groups in total. The first-order valence-electron chi connectivity index (χ1n) is 6.88. The summed E-state index contributed by atoms with van der Waals surface area (Å²) in [5.41, 5.74) is 2.95. The average Bonchev–Trinajstić information content (AvgIpc) is 2.99. The van der Waals surface area contributed by atoms with Gasteiger partial charge in [-0.2, -0.15) is 0 Å². The topological polar surface area (TPSA) is 23.6 Å². The summed E-state index contributed by atoms with van der Waals surface area (Å²) in [4.78, 5) is 17.2. The van der Waals surface area contributed by atoms with Crippen molar-refractivity contribution in [2.24, 2.45) is 0 Å². The van der Waals surface area contributed by atoms with Crippen molar-refractivity contribution in [2.45, 2.75) is 20.4 Å². The molecule has 1 aliphatic rings. The van der Waals surface area contributed by atoms with Crippen molar-refractivity contribution in [2.75, 3.05) is 11.4 Å². The highest BCUT2D eigenvalue weighted by Gasteiger charge is 2.34.